The van der Waals surface area contributed by atoms with Crippen LogP contribution in [-0.4, -0.2) is 51.6 Å². The highest BCUT2D eigenvalue weighted by atomic mass is 79.9. The lowest BCUT2D eigenvalue weighted by Gasteiger charge is -2.32. The molecule has 1 saturated heterocycles. The van der Waals surface area contributed by atoms with Gasteiger partial charge in [-0.25, -0.2) is 4.98 Å². The van der Waals surface area contributed by atoms with E-state index in [2.05, 4.69) is 15.3 Å². The van der Waals surface area contributed by atoms with Gasteiger partial charge in [0, 0.05) is 12.4 Å². The summed E-state index contributed by atoms with van der Waals surface area (Å²) >= 11 is 0. The number of hydrogen-bond donors (Lipinski definition) is 2. The monoisotopic (exact) mass is 330 g/mol. The van der Waals surface area contributed by atoms with Gasteiger partial charge in [-0.3, -0.25) is 14.7 Å². The molecule has 106 valence electrons. The van der Waals surface area contributed by atoms with Gasteiger partial charge in [0.05, 0.1) is 12.8 Å². The van der Waals surface area contributed by atoms with E-state index in [1.54, 1.807) is 6.20 Å². The van der Waals surface area contributed by atoms with Crippen LogP contribution < -0.4 is 5.32 Å². The van der Waals surface area contributed by atoms with Gasteiger partial charge in [-0.1, -0.05) is 6.42 Å². The van der Waals surface area contributed by atoms with E-state index in [1.165, 1.54) is 18.8 Å². The van der Waals surface area contributed by atoms with Crippen molar-refractivity contribution in [1.82, 2.24) is 14.9 Å². The number of piperidine rings is 1. The van der Waals surface area contributed by atoms with Gasteiger partial charge in [0.15, 0.2) is 5.82 Å². The van der Waals surface area contributed by atoms with Gasteiger partial charge in [0.25, 0.3) is 0 Å². The molecule has 1 aliphatic rings. The number of amides is 1. The Morgan fingerprint density at radius 2 is 2.11 bits per heavy atom. The molecule has 6 nitrogen and oxygen atoms in total. The maximum atomic E-state index is 12.1. The molecule has 0 spiro atoms. The van der Waals surface area contributed by atoms with E-state index in [9.17, 15) is 9.90 Å². The third-order valence-electron chi connectivity index (χ3n) is 3.12. The zero-order valence-corrected chi connectivity index (χ0v) is 12.4. The van der Waals surface area contributed by atoms with E-state index in [0.29, 0.717) is 5.82 Å². The first kappa shape index (κ1) is 16.0. The number of nitrogens with zero attached hydrogens (tertiary/aromatic N) is 3. The molecule has 1 aromatic heterocycles. The van der Waals surface area contributed by atoms with E-state index in [-0.39, 0.29) is 29.5 Å². The molecule has 1 fully saturated rings. The average molecular weight is 331 g/mol. The van der Waals surface area contributed by atoms with Crippen LogP contribution in [0.25, 0.3) is 0 Å². The van der Waals surface area contributed by atoms with Crippen LogP contribution in [0.5, 0.6) is 0 Å². The average Bonchev–Trinajstić information content (AvgIpc) is 2.42. The van der Waals surface area contributed by atoms with Crippen LogP contribution in [0.15, 0.2) is 18.6 Å². The number of carbonyl (C=O) groups excluding carboxylic acids is 1. The highest BCUT2D eigenvalue weighted by Gasteiger charge is 2.26. The maximum Gasteiger partial charge on any atom is 0.245 e. The van der Waals surface area contributed by atoms with Gasteiger partial charge in [0.1, 0.15) is 6.04 Å². The van der Waals surface area contributed by atoms with Gasteiger partial charge in [0.2, 0.25) is 5.91 Å². The van der Waals surface area contributed by atoms with Crippen LogP contribution in [-0.2, 0) is 4.79 Å². The number of rotatable bonds is 4. The van der Waals surface area contributed by atoms with Crippen molar-refractivity contribution in [3.63, 3.8) is 0 Å². The van der Waals surface area contributed by atoms with Gasteiger partial charge in [-0.2, -0.15) is 0 Å². The van der Waals surface area contributed by atoms with Crippen molar-refractivity contribution in [3.05, 3.63) is 18.6 Å². The fraction of sp³-hybridized carbons (Fsp3) is 0.583. The van der Waals surface area contributed by atoms with E-state index in [4.69, 9.17) is 0 Å². The number of aromatic nitrogens is 2. The second-order valence-corrected chi connectivity index (χ2v) is 4.37. The summed E-state index contributed by atoms with van der Waals surface area (Å²) in [5.41, 5.74) is 0. The number of anilines is 1. The molecule has 19 heavy (non-hydrogen) atoms. The normalized spacial score (nSPS) is 17.3. The van der Waals surface area contributed by atoms with Gasteiger partial charge in [-0.05, 0) is 25.9 Å². The first-order valence-corrected chi connectivity index (χ1v) is 6.23. The fourth-order valence-corrected chi connectivity index (χ4v) is 2.17. The molecule has 7 heteroatoms. The number of carbonyl (C=O) groups is 1. The fourth-order valence-electron chi connectivity index (χ4n) is 2.17. The lowest BCUT2D eigenvalue weighted by molar-refractivity contribution is -0.123. The summed E-state index contributed by atoms with van der Waals surface area (Å²) in [7, 11) is 0. The number of nitrogens with one attached hydrogen (secondary N) is 1. The van der Waals surface area contributed by atoms with Crippen molar-refractivity contribution in [2.45, 2.75) is 25.3 Å². The molecule has 1 amide bonds. The summed E-state index contributed by atoms with van der Waals surface area (Å²) in [4.78, 5) is 22.0. The van der Waals surface area contributed by atoms with Crippen LogP contribution in [0.1, 0.15) is 19.3 Å². The van der Waals surface area contributed by atoms with Crippen LogP contribution in [0, 0.1) is 0 Å². The number of aliphatic hydroxyl groups is 1. The van der Waals surface area contributed by atoms with Crippen LogP contribution in [0.3, 0.4) is 0 Å². The molecule has 1 unspecified atom stereocenters. The highest BCUT2D eigenvalue weighted by molar-refractivity contribution is 8.93. The first-order valence-electron chi connectivity index (χ1n) is 6.23. The Morgan fingerprint density at radius 1 is 1.37 bits per heavy atom. The zero-order chi connectivity index (χ0) is 12.8. The zero-order valence-electron chi connectivity index (χ0n) is 10.7. The molecular weight excluding hydrogens is 312 g/mol. The minimum atomic E-state index is -0.493. The summed E-state index contributed by atoms with van der Waals surface area (Å²) < 4.78 is 0. The number of hydrogen-bond acceptors (Lipinski definition) is 5. The van der Waals surface area contributed by atoms with Crippen molar-refractivity contribution < 1.29 is 9.90 Å². The van der Waals surface area contributed by atoms with Crippen molar-refractivity contribution in [1.29, 1.82) is 0 Å². The third-order valence-corrected chi connectivity index (χ3v) is 3.12. The lowest BCUT2D eigenvalue weighted by atomic mass is 10.1. The Labute approximate surface area is 123 Å². The molecule has 2 N–H and O–H groups in total. The van der Waals surface area contributed by atoms with E-state index in [0.717, 1.165) is 25.9 Å². The molecule has 0 saturated carbocycles. The van der Waals surface area contributed by atoms with Gasteiger partial charge in [-0.15, -0.1) is 17.0 Å². The summed E-state index contributed by atoms with van der Waals surface area (Å²) in [6.45, 7) is 1.55. The first-order chi connectivity index (χ1) is 8.81. The minimum Gasteiger partial charge on any atom is -0.394 e. The van der Waals surface area contributed by atoms with Gasteiger partial charge < -0.3 is 10.4 Å². The van der Waals surface area contributed by atoms with Gasteiger partial charge >= 0.3 is 0 Å². The highest BCUT2D eigenvalue weighted by Crippen LogP contribution is 2.13. The Balaban J connectivity index is 0.00000180. The minimum absolute atomic E-state index is 0. The van der Waals surface area contributed by atoms with Crippen molar-refractivity contribution in [2.75, 3.05) is 25.0 Å². The quantitative estimate of drug-likeness (QED) is 0.855. The SMILES string of the molecule is Br.O=C(Nc1cnccn1)C(CO)N1CCCCC1. The Kier molecular flexibility index (Phi) is 6.90. The molecular formula is C12H19BrN4O2. The van der Waals surface area contributed by atoms with Crippen LogP contribution >= 0.6 is 17.0 Å². The second kappa shape index (κ2) is 8.19. The Morgan fingerprint density at radius 3 is 2.68 bits per heavy atom. The van der Waals surface area contributed by atoms with Crippen LogP contribution in [0.4, 0.5) is 5.82 Å². The molecule has 0 bridgehead atoms. The predicted octanol–water partition coefficient (Wildman–Crippen LogP) is 0.840. The number of aliphatic hydroxyl groups excluding tert-OH is 1. The van der Waals surface area contributed by atoms with E-state index in [1.807, 2.05) is 4.90 Å². The van der Waals surface area contributed by atoms with Crippen LogP contribution in [0.2, 0.25) is 0 Å². The number of halogens is 1. The second-order valence-electron chi connectivity index (χ2n) is 4.37. The maximum absolute atomic E-state index is 12.1. The summed E-state index contributed by atoms with van der Waals surface area (Å²) in [5, 5.41) is 12.1. The standard InChI is InChI=1S/C12H18N4O2.BrH/c17-9-10(16-6-2-1-3-7-16)12(18)15-11-8-13-4-5-14-11;/h4-5,8,10,17H,1-3,6-7,9H2,(H,14,15,18);1H. The molecule has 1 aromatic rings. The van der Waals surface area contributed by atoms with Crippen molar-refractivity contribution >= 4 is 28.7 Å². The van der Waals surface area contributed by atoms with Crippen molar-refractivity contribution in [3.8, 4) is 0 Å². The summed E-state index contributed by atoms with van der Waals surface area (Å²) in [6, 6.07) is -0.493. The molecule has 0 aromatic carbocycles. The Bertz CT molecular complexity index is 385. The lowest BCUT2D eigenvalue weighted by Crippen LogP contribution is -2.48. The molecule has 1 aliphatic heterocycles. The molecule has 2 rings (SSSR count). The number of likely N-dealkylation sites (tertiary alicyclic amines) is 1. The predicted molar refractivity (Wildman–Crippen MR) is 77.3 cm³/mol. The molecule has 2 heterocycles. The molecule has 0 radical (unpaired) electrons. The molecule has 0 aliphatic carbocycles. The topological polar surface area (TPSA) is 78.3 Å². The molecule has 1 atom stereocenters. The van der Waals surface area contributed by atoms with Crippen molar-refractivity contribution in [2.24, 2.45) is 0 Å². The van der Waals surface area contributed by atoms with E-state index < -0.39 is 6.04 Å². The summed E-state index contributed by atoms with van der Waals surface area (Å²) in [6.07, 6.45) is 7.90. The largest absolute Gasteiger partial charge is 0.394 e. The third kappa shape index (κ3) is 4.52. The summed E-state index contributed by atoms with van der Waals surface area (Å²) in [5.74, 6) is 0.192. The Hall–Kier alpha value is -1.05. The smallest absolute Gasteiger partial charge is 0.245 e. The van der Waals surface area contributed by atoms with E-state index >= 15 is 0 Å².